The van der Waals surface area contributed by atoms with Crippen molar-refractivity contribution in [3.63, 3.8) is 0 Å². The zero-order valence-electron chi connectivity index (χ0n) is 20.5. The van der Waals surface area contributed by atoms with Crippen LogP contribution in [0.4, 0.5) is 0 Å². The molecule has 3 aromatic heterocycles. The normalized spacial score (nSPS) is 11.7. The summed E-state index contributed by atoms with van der Waals surface area (Å²) in [5, 5.41) is 4.96. The van der Waals surface area contributed by atoms with Gasteiger partial charge in [0.2, 0.25) is 0 Å². The van der Waals surface area contributed by atoms with Gasteiger partial charge < -0.3 is 9.13 Å². The maximum Gasteiger partial charge on any atom is 0.161 e. The van der Waals surface area contributed by atoms with Gasteiger partial charge in [-0.25, -0.2) is 9.97 Å². The van der Waals surface area contributed by atoms with E-state index in [1.54, 1.807) is 12.4 Å². The highest BCUT2D eigenvalue weighted by Crippen LogP contribution is 2.42. The molecule has 4 nitrogen and oxygen atoms in total. The molecule has 8 rings (SSSR count). The second-order valence-electron chi connectivity index (χ2n) is 9.49. The number of hydrogen-bond acceptors (Lipinski definition) is 2. The van der Waals surface area contributed by atoms with Crippen molar-refractivity contribution in [1.82, 2.24) is 19.1 Å². The monoisotopic (exact) mass is 486 g/mol. The highest BCUT2D eigenvalue weighted by atomic mass is 15.0. The maximum atomic E-state index is 4.58. The SMILES string of the molecule is c1ccc(-n2c3ccccc3c3ccc4c(c5ccccc5n4-c4ccccc4-c4ncccn4)c32)cc1. The molecule has 0 aliphatic carbocycles. The lowest BCUT2D eigenvalue weighted by Crippen LogP contribution is -1.99. The minimum absolute atomic E-state index is 0.716. The largest absolute Gasteiger partial charge is 0.309 e. The van der Waals surface area contributed by atoms with Gasteiger partial charge >= 0.3 is 0 Å². The Kier molecular flexibility index (Phi) is 4.49. The van der Waals surface area contributed by atoms with Crippen LogP contribution >= 0.6 is 0 Å². The smallest absolute Gasteiger partial charge is 0.161 e. The fourth-order valence-electron chi connectivity index (χ4n) is 5.91. The zero-order chi connectivity index (χ0) is 25.1. The lowest BCUT2D eigenvalue weighted by Gasteiger charge is -2.13. The molecule has 0 atom stereocenters. The number of benzene rings is 5. The molecule has 38 heavy (non-hydrogen) atoms. The van der Waals surface area contributed by atoms with E-state index < -0.39 is 0 Å². The molecular formula is C34H22N4. The van der Waals surface area contributed by atoms with Gasteiger partial charge in [-0.05, 0) is 48.5 Å². The molecule has 0 N–H and O–H groups in total. The number of nitrogens with zero attached hydrogens (tertiary/aromatic N) is 4. The molecule has 0 amide bonds. The van der Waals surface area contributed by atoms with Gasteiger partial charge in [0.05, 0.1) is 27.8 Å². The molecule has 4 heteroatoms. The Hall–Kier alpha value is -5.22. The fourth-order valence-corrected chi connectivity index (χ4v) is 5.91. The van der Waals surface area contributed by atoms with Crippen LogP contribution in [0, 0.1) is 0 Å². The summed E-state index contributed by atoms with van der Waals surface area (Å²) in [5.74, 6) is 0.716. The van der Waals surface area contributed by atoms with Crippen molar-refractivity contribution < 1.29 is 0 Å². The van der Waals surface area contributed by atoms with Gasteiger partial charge in [-0.2, -0.15) is 0 Å². The maximum absolute atomic E-state index is 4.58. The number of hydrogen-bond donors (Lipinski definition) is 0. The number of rotatable bonds is 3. The summed E-state index contributed by atoms with van der Waals surface area (Å²) in [4.78, 5) is 9.17. The van der Waals surface area contributed by atoms with Crippen molar-refractivity contribution in [2.45, 2.75) is 0 Å². The molecular weight excluding hydrogens is 464 g/mol. The molecule has 3 heterocycles. The van der Waals surface area contributed by atoms with Gasteiger partial charge in [0.25, 0.3) is 0 Å². The first kappa shape index (κ1) is 20.9. The van der Waals surface area contributed by atoms with Crippen LogP contribution in [0.5, 0.6) is 0 Å². The fraction of sp³-hybridized carbons (Fsp3) is 0. The topological polar surface area (TPSA) is 35.6 Å². The number of aromatic nitrogens is 4. The van der Waals surface area contributed by atoms with Crippen molar-refractivity contribution in [2.75, 3.05) is 0 Å². The summed E-state index contributed by atoms with van der Waals surface area (Å²) in [6, 6.07) is 42.8. The van der Waals surface area contributed by atoms with Crippen LogP contribution < -0.4 is 0 Å². The van der Waals surface area contributed by atoms with E-state index in [4.69, 9.17) is 0 Å². The third-order valence-electron chi connectivity index (χ3n) is 7.44. The predicted molar refractivity (Wildman–Crippen MR) is 156 cm³/mol. The van der Waals surface area contributed by atoms with Crippen LogP contribution in [0.1, 0.15) is 0 Å². The Morgan fingerprint density at radius 3 is 1.92 bits per heavy atom. The Balaban J connectivity index is 1.58. The van der Waals surface area contributed by atoms with E-state index >= 15 is 0 Å². The van der Waals surface area contributed by atoms with E-state index in [0.717, 1.165) is 28.0 Å². The second-order valence-corrected chi connectivity index (χ2v) is 9.49. The molecule has 0 unspecified atom stereocenters. The Morgan fingerprint density at radius 2 is 1.11 bits per heavy atom. The third kappa shape index (κ3) is 2.91. The van der Waals surface area contributed by atoms with Crippen LogP contribution in [-0.2, 0) is 0 Å². The Morgan fingerprint density at radius 1 is 0.447 bits per heavy atom. The van der Waals surface area contributed by atoms with Crippen molar-refractivity contribution in [3.05, 3.63) is 134 Å². The van der Waals surface area contributed by atoms with Crippen LogP contribution in [0.15, 0.2) is 134 Å². The van der Waals surface area contributed by atoms with Crippen molar-refractivity contribution in [1.29, 1.82) is 0 Å². The lowest BCUT2D eigenvalue weighted by molar-refractivity contribution is 1.13. The van der Waals surface area contributed by atoms with Gasteiger partial charge in [-0.1, -0.05) is 72.8 Å². The van der Waals surface area contributed by atoms with Crippen LogP contribution in [-0.4, -0.2) is 19.1 Å². The van der Waals surface area contributed by atoms with E-state index in [1.165, 1.54) is 32.6 Å². The highest BCUT2D eigenvalue weighted by Gasteiger charge is 2.21. The quantitative estimate of drug-likeness (QED) is 0.252. The van der Waals surface area contributed by atoms with E-state index in [-0.39, 0.29) is 0 Å². The zero-order valence-corrected chi connectivity index (χ0v) is 20.5. The van der Waals surface area contributed by atoms with Crippen molar-refractivity contribution in [3.8, 4) is 22.8 Å². The summed E-state index contributed by atoms with van der Waals surface area (Å²) < 4.78 is 4.78. The second kappa shape index (κ2) is 8.15. The Bertz CT molecular complexity index is 2120. The van der Waals surface area contributed by atoms with Gasteiger partial charge in [-0.3, -0.25) is 0 Å². The average molecular weight is 487 g/mol. The minimum Gasteiger partial charge on any atom is -0.309 e. The molecule has 5 aromatic carbocycles. The van der Waals surface area contributed by atoms with Gasteiger partial charge in [0, 0.05) is 45.2 Å². The molecule has 0 saturated heterocycles. The summed E-state index contributed by atoms with van der Waals surface area (Å²) in [6.07, 6.45) is 3.60. The first-order valence-electron chi connectivity index (χ1n) is 12.8. The van der Waals surface area contributed by atoms with Gasteiger partial charge in [0.15, 0.2) is 5.82 Å². The molecule has 0 bridgehead atoms. The first-order chi connectivity index (χ1) is 18.9. The van der Waals surface area contributed by atoms with Crippen LogP contribution in [0.3, 0.4) is 0 Å². The van der Waals surface area contributed by atoms with E-state index in [9.17, 15) is 0 Å². The van der Waals surface area contributed by atoms with Crippen LogP contribution in [0.25, 0.3) is 66.4 Å². The minimum atomic E-state index is 0.716. The average Bonchev–Trinajstić information content (AvgIpc) is 3.51. The Labute approximate surface area is 219 Å². The summed E-state index contributed by atoms with van der Waals surface area (Å²) in [7, 11) is 0. The summed E-state index contributed by atoms with van der Waals surface area (Å²) in [6.45, 7) is 0. The van der Waals surface area contributed by atoms with Gasteiger partial charge in [-0.15, -0.1) is 0 Å². The van der Waals surface area contributed by atoms with E-state index in [2.05, 4.69) is 134 Å². The van der Waals surface area contributed by atoms with Crippen molar-refractivity contribution >= 4 is 43.6 Å². The first-order valence-corrected chi connectivity index (χ1v) is 12.8. The summed E-state index contributed by atoms with van der Waals surface area (Å²) >= 11 is 0. The molecule has 0 aliphatic rings. The van der Waals surface area contributed by atoms with Crippen LogP contribution in [0.2, 0.25) is 0 Å². The molecule has 0 saturated carbocycles. The number of para-hydroxylation sites is 4. The van der Waals surface area contributed by atoms with E-state index in [0.29, 0.717) is 5.82 Å². The highest BCUT2D eigenvalue weighted by molar-refractivity contribution is 6.26. The molecule has 0 spiro atoms. The molecule has 0 aliphatic heterocycles. The number of fused-ring (bicyclic) bond motifs is 7. The molecule has 0 fully saturated rings. The summed E-state index contributed by atoms with van der Waals surface area (Å²) in [5.41, 5.74) is 7.95. The standard InChI is InChI=1S/C34H22N4/c1-2-11-23(12-3-1)37-28-16-7-4-13-24(28)25-19-20-31-32(33(25)37)26-14-5-8-17-29(26)38(31)30-18-9-6-15-27(30)34-35-21-10-22-36-34/h1-22H. The third-order valence-corrected chi connectivity index (χ3v) is 7.44. The molecule has 178 valence electrons. The molecule has 8 aromatic rings. The van der Waals surface area contributed by atoms with E-state index in [1.807, 2.05) is 6.07 Å². The molecule has 0 radical (unpaired) electrons. The lowest BCUT2D eigenvalue weighted by atomic mass is 10.1. The van der Waals surface area contributed by atoms with Gasteiger partial charge in [0.1, 0.15) is 0 Å². The van der Waals surface area contributed by atoms with Crippen molar-refractivity contribution in [2.24, 2.45) is 0 Å². The predicted octanol–water partition coefficient (Wildman–Crippen LogP) is 8.34.